The van der Waals surface area contributed by atoms with Crippen molar-refractivity contribution in [3.05, 3.63) is 41.0 Å². The maximum Gasteiger partial charge on any atom is 0.231 e. The van der Waals surface area contributed by atoms with Crippen LogP contribution in [0.15, 0.2) is 18.2 Å². The predicted octanol–water partition coefficient (Wildman–Crippen LogP) is 3.73. The van der Waals surface area contributed by atoms with Crippen molar-refractivity contribution in [2.45, 2.75) is 46.6 Å². The van der Waals surface area contributed by atoms with E-state index in [0.29, 0.717) is 11.4 Å². The number of carbonyl (C=O) groups excluding carboxylic acids is 1. The molecule has 0 saturated heterocycles. The number of amides is 1. The Labute approximate surface area is 135 Å². The number of aryl methyl sites for hydroxylation is 2. The lowest BCUT2D eigenvalue weighted by molar-refractivity contribution is -0.117. The molecule has 2 aromatic rings. The quantitative estimate of drug-likeness (QED) is 0.787. The molecule has 1 atom stereocenters. The lowest BCUT2D eigenvalue weighted by atomic mass is 9.98. The maximum absolute atomic E-state index is 13.5. The van der Waals surface area contributed by atoms with Crippen molar-refractivity contribution in [3.63, 3.8) is 0 Å². The first-order valence-electron chi connectivity index (χ1n) is 7.68. The minimum atomic E-state index is -0.356. The number of benzene rings is 1. The first-order chi connectivity index (χ1) is 10.8. The second-order valence-electron chi connectivity index (χ2n) is 6.05. The van der Waals surface area contributed by atoms with E-state index in [1.165, 1.54) is 12.1 Å². The number of halogens is 1. The van der Waals surface area contributed by atoms with Gasteiger partial charge in [0.05, 0.1) is 23.0 Å². The van der Waals surface area contributed by atoms with E-state index >= 15 is 0 Å². The zero-order valence-corrected chi connectivity index (χ0v) is 14.1. The summed E-state index contributed by atoms with van der Waals surface area (Å²) in [5, 5.41) is 13.0. The fourth-order valence-corrected chi connectivity index (χ4v) is 2.63. The monoisotopic (exact) mass is 318 g/mol. The number of aromatic amines is 1. The lowest BCUT2D eigenvalue weighted by Gasteiger charge is -2.18. The molecule has 1 aromatic carbocycles. The summed E-state index contributed by atoms with van der Waals surface area (Å²) in [6.07, 6.45) is 0. The highest BCUT2D eigenvalue weighted by molar-refractivity contribution is 5.98. The molecule has 0 unspecified atom stereocenters. The Morgan fingerprint density at radius 2 is 1.91 bits per heavy atom. The van der Waals surface area contributed by atoms with Gasteiger partial charge in [0, 0.05) is 17.3 Å². The fraction of sp³-hybridized carbons (Fsp3) is 0.412. The number of nitrogens with one attached hydrogen (secondary N) is 3. The summed E-state index contributed by atoms with van der Waals surface area (Å²) in [4.78, 5) is 12.6. The van der Waals surface area contributed by atoms with E-state index in [2.05, 4.69) is 20.8 Å². The van der Waals surface area contributed by atoms with Crippen LogP contribution < -0.4 is 10.6 Å². The lowest BCUT2D eigenvalue weighted by Crippen LogP contribution is -2.21. The van der Waals surface area contributed by atoms with Crippen molar-refractivity contribution in [1.29, 1.82) is 0 Å². The van der Waals surface area contributed by atoms with Gasteiger partial charge < -0.3 is 10.6 Å². The van der Waals surface area contributed by atoms with Gasteiger partial charge in [-0.15, -0.1) is 0 Å². The molecule has 0 spiro atoms. The van der Waals surface area contributed by atoms with Crippen molar-refractivity contribution >= 4 is 17.3 Å². The number of nitrogens with zero attached hydrogens (tertiary/aromatic N) is 1. The van der Waals surface area contributed by atoms with Crippen molar-refractivity contribution < 1.29 is 9.18 Å². The minimum Gasteiger partial charge on any atom is -0.381 e. The van der Waals surface area contributed by atoms with Crippen LogP contribution in [0, 0.1) is 19.7 Å². The molecule has 0 aliphatic rings. The zero-order valence-electron chi connectivity index (χ0n) is 14.1. The third kappa shape index (κ3) is 3.88. The van der Waals surface area contributed by atoms with Gasteiger partial charge in [0.1, 0.15) is 5.82 Å². The van der Waals surface area contributed by atoms with Crippen LogP contribution in [0.5, 0.6) is 0 Å². The van der Waals surface area contributed by atoms with E-state index in [0.717, 1.165) is 17.0 Å². The highest BCUT2D eigenvalue weighted by atomic mass is 19.1. The maximum atomic E-state index is 13.5. The summed E-state index contributed by atoms with van der Waals surface area (Å²) in [6, 6.07) is 4.41. The standard InChI is InChI=1S/C17H23FN4O/c1-9(2)19-15-8-13(18)6-7-14(15)20-17(23)10(3)16-11(4)21-22-12(16)5/h6-10,19H,1-5H3,(H,20,23)(H,21,22)/t10-/m0/s1. The number of hydrogen-bond donors (Lipinski definition) is 3. The first kappa shape index (κ1) is 17.0. The number of carbonyl (C=O) groups is 1. The predicted molar refractivity (Wildman–Crippen MR) is 90.3 cm³/mol. The van der Waals surface area contributed by atoms with Gasteiger partial charge in [-0.05, 0) is 52.8 Å². The topological polar surface area (TPSA) is 69.8 Å². The molecule has 1 aromatic heterocycles. The van der Waals surface area contributed by atoms with Crippen molar-refractivity contribution in [3.8, 4) is 0 Å². The van der Waals surface area contributed by atoms with Gasteiger partial charge in [0.25, 0.3) is 0 Å². The van der Waals surface area contributed by atoms with Crippen molar-refractivity contribution in [2.24, 2.45) is 0 Å². The molecule has 3 N–H and O–H groups in total. The molecule has 23 heavy (non-hydrogen) atoms. The SMILES string of the molecule is Cc1n[nH]c(C)c1[C@H](C)C(=O)Nc1ccc(F)cc1NC(C)C. The third-order valence-corrected chi connectivity index (χ3v) is 3.70. The molecular formula is C17H23FN4O. The van der Waals surface area contributed by atoms with Crippen LogP contribution >= 0.6 is 0 Å². The van der Waals surface area contributed by atoms with Crippen LogP contribution in [0.1, 0.15) is 43.6 Å². The third-order valence-electron chi connectivity index (χ3n) is 3.70. The van der Waals surface area contributed by atoms with Gasteiger partial charge in [-0.25, -0.2) is 4.39 Å². The van der Waals surface area contributed by atoms with E-state index < -0.39 is 0 Å². The number of aromatic nitrogens is 2. The van der Waals surface area contributed by atoms with Crippen LogP contribution in [-0.2, 0) is 4.79 Å². The molecule has 124 valence electrons. The van der Waals surface area contributed by atoms with Gasteiger partial charge in [-0.2, -0.15) is 5.10 Å². The summed E-state index contributed by atoms with van der Waals surface area (Å²) in [5.41, 5.74) is 3.72. The minimum absolute atomic E-state index is 0.128. The highest BCUT2D eigenvalue weighted by Crippen LogP contribution is 2.27. The largest absolute Gasteiger partial charge is 0.381 e. The Kier molecular flexibility index (Phi) is 5.03. The number of rotatable bonds is 5. The Morgan fingerprint density at radius 1 is 1.22 bits per heavy atom. The Hall–Kier alpha value is -2.37. The number of hydrogen-bond acceptors (Lipinski definition) is 3. The van der Waals surface area contributed by atoms with Gasteiger partial charge in [-0.3, -0.25) is 9.89 Å². The van der Waals surface area contributed by atoms with Crippen LogP contribution in [0.25, 0.3) is 0 Å². The molecule has 2 rings (SSSR count). The van der Waals surface area contributed by atoms with Gasteiger partial charge >= 0.3 is 0 Å². The smallest absolute Gasteiger partial charge is 0.231 e. The Balaban J connectivity index is 2.23. The average molecular weight is 318 g/mol. The Bertz CT molecular complexity index is 689. The normalized spacial score (nSPS) is 12.3. The van der Waals surface area contributed by atoms with Crippen molar-refractivity contribution in [2.75, 3.05) is 10.6 Å². The van der Waals surface area contributed by atoms with E-state index in [1.807, 2.05) is 34.6 Å². The molecule has 0 aliphatic carbocycles. The van der Waals surface area contributed by atoms with Crippen molar-refractivity contribution in [1.82, 2.24) is 10.2 Å². The van der Waals surface area contributed by atoms with Crippen LogP contribution in [-0.4, -0.2) is 22.1 Å². The van der Waals surface area contributed by atoms with Gasteiger partial charge in [-0.1, -0.05) is 0 Å². The van der Waals surface area contributed by atoms with Gasteiger partial charge in [0.15, 0.2) is 0 Å². The fourth-order valence-electron chi connectivity index (χ4n) is 2.63. The summed E-state index contributed by atoms with van der Waals surface area (Å²) in [6.45, 7) is 9.50. The molecule has 6 heteroatoms. The summed E-state index contributed by atoms with van der Waals surface area (Å²) < 4.78 is 13.5. The average Bonchev–Trinajstić information content (AvgIpc) is 2.79. The van der Waals surface area contributed by atoms with E-state index in [4.69, 9.17) is 0 Å². The van der Waals surface area contributed by atoms with E-state index in [9.17, 15) is 9.18 Å². The highest BCUT2D eigenvalue weighted by Gasteiger charge is 2.22. The van der Waals surface area contributed by atoms with E-state index in [1.54, 1.807) is 6.07 Å². The summed E-state index contributed by atoms with van der Waals surface area (Å²) in [7, 11) is 0. The second-order valence-corrected chi connectivity index (χ2v) is 6.05. The number of anilines is 2. The van der Waals surface area contributed by atoms with Crippen LogP contribution in [0.4, 0.5) is 15.8 Å². The zero-order chi connectivity index (χ0) is 17.1. The molecule has 0 radical (unpaired) electrons. The summed E-state index contributed by atoms with van der Waals surface area (Å²) >= 11 is 0. The van der Waals surface area contributed by atoms with E-state index in [-0.39, 0.29) is 23.7 Å². The first-order valence-corrected chi connectivity index (χ1v) is 7.68. The molecule has 5 nitrogen and oxygen atoms in total. The molecule has 0 saturated carbocycles. The molecule has 0 fully saturated rings. The molecular weight excluding hydrogens is 295 g/mol. The molecule has 1 amide bonds. The van der Waals surface area contributed by atoms with Gasteiger partial charge in [0.2, 0.25) is 5.91 Å². The molecule has 0 aliphatic heterocycles. The number of H-pyrrole nitrogens is 1. The molecule has 1 heterocycles. The Morgan fingerprint density at radius 3 is 2.48 bits per heavy atom. The molecule has 0 bridgehead atoms. The summed E-state index contributed by atoms with van der Waals surface area (Å²) in [5.74, 6) is -0.859. The van der Waals surface area contributed by atoms with Crippen LogP contribution in [0.2, 0.25) is 0 Å². The van der Waals surface area contributed by atoms with Crippen LogP contribution in [0.3, 0.4) is 0 Å². The second kappa shape index (κ2) is 6.81.